The fourth-order valence-corrected chi connectivity index (χ4v) is 3.48. The second kappa shape index (κ2) is 7.17. The van der Waals surface area contributed by atoms with Gasteiger partial charge in [-0.2, -0.15) is 0 Å². The van der Waals surface area contributed by atoms with Crippen molar-refractivity contribution in [1.82, 2.24) is 14.9 Å². The summed E-state index contributed by atoms with van der Waals surface area (Å²) in [5.74, 6) is 0.795. The molecule has 0 saturated carbocycles. The van der Waals surface area contributed by atoms with E-state index < -0.39 is 0 Å². The van der Waals surface area contributed by atoms with Crippen LogP contribution >= 0.6 is 11.8 Å². The van der Waals surface area contributed by atoms with Gasteiger partial charge in [0.25, 0.3) is 5.91 Å². The van der Waals surface area contributed by atoms with Crippen molar-refractivity contribution in [3.8, 4) is 5.75 Å². The minimum Gasteiger partial charge on any atom is -0.485 e. The van der Waals surface area contributed by atoms with E-state index in [1.165, 1.54) is 23.9 Å². The number of thioether (sulfide) groups is 1. The number of hydrogen-bond acceptors (Lipinski definition) is 5. The van der Waals surface area contributed by atoms with Gasteiger partial charge in [-0.05, 0) is 17.7 Å². The third-order valence-corrected chi connectivity index (χ3v) is 4.77. The summed E-state index contributed by atoms with van der Waals surface area (Å²) in [5.41, 5.74) is 1.00. The lowest BCUT2D eigenvalue weighted by atomic mass is 10.2. The Morgan fingerprint density at radius 1 is 1.12 bits per heavy atom. The molecule has 0 bridgehead atoms. The molecule has 0 saturated heterocycles. The molecule has 0 aliphatic carbocycles. The molecular weight excluding hydrogens is 355 g/mol. The van der Waals surface area contributed by atoms with E-state index in [4.69, 9.17) is 4.74 Å². The van der Waals surface area contributed by atoms with Crippen LogP contribution in [-0.2, 0) is 17.9 Å². The summed E-state index contributed by atoms with van der Waals surface area (Å²) >= 11 is 1.34. The van der Waals surface area contributed by atoms with E-state index in [2.05, 4.69) is 10.2 Å². The van der Waals surface area contributed by atoms with Crippen LogP contribution in [0, 0.1) is 5.82 Å². The summed E-state index contributed by atoms with van der Waals surface area (Å²) in [7, 11) is 0. The highest BCUT2D eigenvalue weighted by Crippen LogP contribution is 2.25. The van der Waals surface area contributed by atoms with E-state index in [9.17, 15) is 9.18 Å². The van der Waals surface area contributed by atoms with Crippen molar-refractivity contribution in [2.24, 2.45) is 0 Å². The zero-order valence-electron chi connectivity index (χ0n) is 13.7. The van der Waals surface area contributed by atoms with Crippen LogP contribution in [0.25, 0.3) is 0 Å². The van der Waals surface area contributed by atoms with Crippen molar-refractivity contribution in [2.75, 3.05) is 10.8 Å². The zero-order valence-corrected chi connectivity index (χ0v) is 14.5. The smallest absolute Gasteiger partial charge is 0.252 e. The first-order valence-corrected chi connectivity index (χ1v) is 8.99. The Morgan fingerprint density at radius 2 is 1.96 bits per heavy atom. The molecule has 0 spiro atoms. The van der Waals surface area contributed by atoms with Gasteiger partial charge in [0.15, 0.2) is 5.82 Å². The molecule has 0 fully saturated rings. The second-order valence-corrected chi connectivity index (χ2v) is 6.62. The van der Waals surface area contributed by atoms with E-state index in [1.54, 1.807) is 21.8 Å². The molecule has 8 heteroatoms. The Bertz CT molecular complexity index is 932. The number of nitrogens with zero attached hydrogens (tertiary/aromatic N) is 4. The fraction of sp³-hybridized carbons (Fsp3) is 0.167. The molecule has 132 valence electrons. The summed E-state index contributed by atoms with van der Waals surface area (Å²) in [5, 5.41) is 10.5. The van der Waals surface area contributed by atoms with E-state index >= 15 is 0 Å². The lowest BCUT2D eigenvalue weighted by molar-refractivity contribution is -0.118. The highest BCUT2D eigenvalue weighted by Gasteiger charge is 2.29. The molecule has 1 aromatic heterocycles. The maximum absolute atomic E-state index is 13.3. The Kier molecular flexibility index (Phi) is 4.57. The van der Waals surface area contributed by atoms with Crippen molar-refractivity contribution >= 4 is 17.7 Å². The van der Waals surface area contributed by atoms with E-state index in [0.717, 1.165) is 5.56 Å². The Labute approximate surface area is 153 Å². The second-order valence-electron chi connectivity index (χ2n) is 5.68. The number of rotatable bonds is 5. The third kappa shape index (κ3) is 3.41. The monoisotopic (exact) mass is 370 g/mol. The Hall–Kier alpha value is -2.87. The van der Waals surface area contributed by atoms with Crippen LogP contribution in [0.5, 0.6) is 5.75 Å². The predicted molar refractivity (Wildman–Crippen MR) is 94.8 cm³/mol. The van der Waals surface area contributed by atoms with Crippen molar-refractivity contribution in [1.29, 1.82) is 0 Å². The van der Waals surface area contributed by atoms with Gasteiger partial charge in [-0.1, -0.05) is 48.2 Å². The number of carbonyl (C=O) groups excluding carboxylic acids is 1. The average molecular weight is 370 g/mol. The zero-order chi connectivity index (χ0) is 17.9. The van der Waals surface area contributed by atoms with Gasteiger partial charge >= 0.3 is 0 Å². The van der Waals surface area contributed by atoms with Gasteiger partial charge in [0.2, 0.25) is 5.16 Å². The van der Waals surface area contributed by atoms with Crippen molar-refractivity contribution in [3.63, 3.8) is 0 Å². The summed E-state index contributed by atoms with van der Waals surface area (Å²) in [6.07, 6.45) is 0. The van der Waals surface area contributed by atoms with Gasteiger partial charge in [-0.3, -0.25) is 4.79 Å². The van der Waals surface area contributed by atoms with Crippen LogP contribution < -0.4 is 9.75 Å². The van der Waals surface area contributed by atoms with Gasteiger partial charge in [-0.15, -0.1) is 10.2 Å². The molecule has 26 heavy (non-hydrogen) atoms. The molecule has 0 N–H and O–H groups in total. The summed E-state index contributed by atoms with van der Waals surface area (Å²) in [6.45, 7) is 0.494. The third-order valence-electron chi connectivity index (χ3n) is 3.87. The lowest BCUT2D eigenvalue weighted by Crippen LogP contribution is -2.45. The first kappa shape index (κ1) is 16.6. The van der Waals surface area contributed by atoms with Gasteiger partial charge in [0.1, 0.15) is 18.2 Å². The molecule has 0 atom stereocenters. The van der Waals surface area contributed by atoms with Crippen molar-refractivity contribution < 1.29 is 13.9 Å². The van der Waals surface area contributed by atoms with Gasteiger partial charge in [0, 0.05) is 6.07 Å². The minimum atomic E-state index is -0.373. The van der Waals surface area contributed by atoms with E-state index in [-0.39, 0.29) is 18.3 Å². The molecule has 6 nitrogen and oxygen atoms in total. The van der Waals surface area contributed by atoms with Crippen molar-refractivity contribution in [2.45, 2.75) is 18.3 Å². The van der Waals surface area contributed by atoms with E-state index in [1.807, 2.05) is 30.3 Å². The number of hydrogen-bond donors (Lipinski definition) is 0. The van der Waals surface area contributed by atoms with Gasteiger partial charge in [-0.25, -0.2) is 14.1 Å². The van der Waals surface area contributed by atoms with Crippen LogP contribution in [0.4, 0.5) is 4.39 Å². The number of amides is 1. The highest BCUT2D eigenvalue weighted by atomic mass is 32.2. The van der Waals surface area contributed by atoms with Gasteiger partial charge in [0.05, 0.1) is 12.3 Å². The van der Waals surface area contributed by atoms with Crippen LogP contribution in [0.3, 0.4) is 0 Å². The molecule has 2 heterocycles. The number of aromatic nitrogens is 3. The van der Waals surface area contributed by atoms with Crippen LogP contribution in [0.15, 0.2) is 59.8 Å². The molecule has 1 aliphatic heterocycles. The average Bonchev–Trinajstić information content (AvgIpc) is 3.07. The van der Waals surface area contributed by atoms with Gasteiger partial charge < -0.3 is 4.74 Å². The number of halogens is 1. The normalized spacial score (nSPS) is 13.6. The molecule has 0 radical (unpaired) electrons. The summed E-state index contributed by atoms with van der Waals surface area (Å²) < 4.78 is 20.6. The minimum absolute atomic E-state index is 0.0295. The fourth-order valence-electron chi connectivity index (χ4n) is 2.65. The summed E-state index contributed by atoms with van der Waals surface area (Å²) in [4.78, 5) is 12.5. The molecule has 0 unspecified atom stereocenters. The van der Waals surface area contributed by atoms with Crippen LogP contribution in [-0.4, -0.2) is 26.5 Å². The first-order chi connectivity index (χ1) is 12.7. The highest BCUT2D eigenvalue weighted by molar-refractivity contribution is 7.99. The summed E-state index contributed by atoms with van der Waals surface area (Å²) in [6, 6.07) is 15.6. The lowest BCUT2D eigenvalue weighted by Gasteiger charge is -2.29. The molecule has 1 aliphatic rings. The Balaban J connectivity index is 1.58. The quantitative estimate of drug-likeness (QED) is 0.691. The molecule has 2 aromatic carbocycles. The van der Waals surface area contributed by atoms with E-state index in [0.29, 0.717) is 29.0 Å². The largest absolute Gasteiger partial charge is 0.485 e. The van der Waals surface area contributed by atoms with Crippen LogP contribution in [0.2, 0.25) is 0 Å². The molecule has 3 aromatic rings. The topological polar surface area (TPSA) is 60.2 Å². The number of benzene rings is 2. The molecule has 4 rings (SSSR count). The predicted octanol–water partition coefficient (Wildman–Crippen LogP) is 2.77. The van der Waals surface area contributed by atoms with Crippen LogP contribution in [0.1, 0.15) is 11.4 Å². The molecular formula is C18H15FN4O2S. The Morgan fingerprint density at radius 3 is 2.77 bits per heavy atom. The first-order valence-electron chi connectivity index (χ1n) is 8.01. The maximum atomic E-state index is 13.3. The number of ether oxygens (including phenoxy) is 1. The van der Waals surface area contributed by atoms with Crippen molar-refractivity contribution in [3.05, 3.63) is 71.8 Å². The SMILES string of the molecule is O=C1CSc2nnc(COc3cccc(F)c3)n2N1Cc1ccccc1. The maximum Gasteiger partial charge on any atom is 0.252 e. The molecule has 1 amide bonds. The standard InChI is InChI=1S/C18H15FN4O2S/c19-14-7-4-8-15(9-14)25-11-16-20-21-18-23(16)22(17(24)12-26-18)10-13-5-2-1-3-6-13/h1-9H,10-12H2. The number of carbonyl (C=O) groups is 1. The number of fused-ring (bicyclic) bond motifs is 1.